The molecule has 1 aliphatic heterocycles. The van der Waals surface area contributed by atoms with E-state index in [-0.39, 0.29) is 6.04 Å². The van der Waals surface area contributed by atoms with Gasteiger partial charge in [0.1, 0.15) is 11.5 Å². The molecule has 2 aromatic carbocycles. The molecule has 5 heteroatoms. The van der Waals surface area contributed by atoms with Gasteiger partial charge in [-0.05, 0) is 36.6 Å². The number of aliphatic imine (C=N–C) groups is 1. The quantitative estimate of drug-likeness (QED) is 0.423. The van der Waals surface area contributed by atoms with Crippen LogP contribution in [-0.4, -0.2) is 25.7 Å². The van der Waals surface area contributed by atoms with Crippen LogP contribution in [0.2, 0.25) is 0 Å². The molecule has 0 fully saturated rings. The SMILES string of the molecule is CCCCOc1ccc(CCN=C(N)NC2CCOc3ccccc32)cc1. The molecule has 0 spiro atoms. The molecule has 3 N–H and O–H groups in total. The van der Waals surface area contributed by atoms with Crippen LogP contribution in [0.15, 0.2) is 53.5 Å². The highest BCUT2D eigenvalue weighted by atomic mass is 16.5. The number of nitrogens with one attached hydrogen (secondary N) is 1. The second kappa shape index (κ2) is 9.86. The molecule has 0 radical (unpaired) electrons. The van der Waals surface area contributed by atoms with Gasteiger partial charge in [0, 0.05) is 18.5 Å². The van der Waals surface area contributed by atoms with Crippen LogP contribution < -0.4 is 20.5 Å². The van der Waals surface area contributed by atoms with Gasteiger partial charge < -0.3 is 20.5 Å². The van der Waals surface area contributed by atoms with Crippen molar-refractivity contribution in [2.24, 2.45) is 10.7 Å². The maximum absolute atomic E-state index is 6.10. The zero-order valence-corrected chi connectivity index (χ0v) is 16.0. The van der Waals surface area contributed by atoms with Gasteiger partial charge in [-0.25, -0.2) is 0 Å². The number of hydrogen-bond acceptors (Lipinski definition) is 3. The van der Waals surface area contributed by atoms with Crippen LogP contribution in [0.4, 0.5) is 0 Å². The largest absolute Gasteiger partial charge is 0.494 e. The number of unbranched alkanes of at least 4 members (excludes halogenated alkanes) is 1. The van der Waals surface area contributed by atoms with E-state index < -0.39 is 0 Å². The number of ether oxygens (including phenoxy) is 2. The van der Waals surface area contributed by atoms with Crippen molar-refractivity contribution in [3.63, 3.8) is 0 Å². The van der Waals surface area contributed by atoms with Crippen LogP contribution in [0.5, 0.6) is 11.5 Å². The van der Waals surface area contributed by atoms with E-state index in [4.69, 9.17) is 15.2 Å². The Kier molecular flexibility index (Phi) is 6.97. The number of fused-ring (bicyclic) bond motifs is 1. The Balaban J connectivity index is 1.47. The number of benzene rings is 2. The molecule has 1 atom stereocenters. The fourth-order valence-corrected chi connectivity index (χ4v) is 3.11. The lowest BCUT2D eigenvalue weighted by Gasteiger charge is -2.26. The fourth-order valence-electron chi connectivity index (χ4n) is 3.11. The molecule has 27 heavy (non-hydrogen) atoms. The van der Waals surface area contributed by atoms with Gasteiger partial charge in [-0.3, -0.25) is 4.99 Å². The zero-order valence-electron chi connectivity index (χ0n) is 16.0. The maximum Gasteiger partial charge on any atom is 0.189 e. The van der Waals surface area contributed by atoms with E-state index in [2.05, 4.69) is 35.4 Å². The molecular weight excluding hydrogens is 338 g/mol. The summed E-state index contributed by atoms with van der Waals surface area (Å²) in [6.07, 6.45) is 3.96. The van der Waals surface area contributed by atoms with Crippen LogP contribution in [0.3, 0.4) is 0 Å². The molecule has 0 bridgehead atoms. The molecule has 1 heterocycles. The first-order valence-corrected chi connectivity index (χ1v) is 9.76. The molecule has 1 unspecified atom stereocenters. The number of rotatable bonds is 8. The van der Waals surface area contributed by atoms with Crippen molar-refractivity contribution in [1.82, 2.24) is 5.32 Å². The Morgan fingerprint density at radius 2 is 2.04 bits per heavy atom. The third kappa shape index (κ3) is 5.64. The highest BCUT2D eigenvalue weighted by Crippen LogP contribution is 2.31. The van der Waals surface area contributed by atoms with Crippen molar-refractivity contribution in [2.45, 2.75) is 38.6 Å². The number of nitrogens with zero attached hydrogens (tertiary/aromatic N) is 1. The summed E-state index contributed by atoms with van der Waals surface area (Å²) in [5.74, 6) is 2.33. The summed E-state index contributed by atoms with van der Waals surface area (Å²) in [4.78, 5) is 4.48. The molecule has 0 saturated heterocycles. The van der Waals surface area contributed by atoms with E-state index in [9.17, 15) is 0 Å². The first-order chi connectivity index (χ1) is 13.3. The smallest absolute Gasteiger partial charge is 0.189 e. The minimum atomic E-state index is 0.151. The Labute approximate surface area is 161 Å². The molecule has 0 aromatic heterocycles. The minimum Gasteiger partial charge on any atom is -0.494 e. The predicted molar refractivity (Wildman–Crippen MR) is 109 cm³/mol. The lowest BCUT2D eigenvalue weighted by atomic mass is 10.0. The third-order valence-electron chi connectivity index (χ3n) is 4.65. The summed E-state index contributed by atoms with van der Waals surface area (Å²) >= 11 is 0. The van der Waals surface area contributed by atoms with Gasteiger partial charge in [-0.15, -0.1) is 0 Å². The second-order valence-electron chi connectivity index (χ2n) is 6.73. The normalized spacial score (nSPS) is 16.3. The minimum absolute atomic E-state index is 0.151. The Hall–Kier alpha value is -2.69. The number of nitrogens with two attached hydrogens (primary N) is 1. The lowest BCUT2D eigenvalue weighted by molar-refractivity contribution is 0.262. The predicted octanol–water partition coefficient (Wildman–Crippen LogP) is 3.84. The van der Waals surface area contributed by atoms with Crippen molar-refractivity contribution < 1.29 is 9.47 Å². The van der Waals surface area contributed by atoms with E-state index in [0.29, 0.717) is 19.1 Å². The summed E-state index contributed by atoms with van der Waals surface area (Å²) in [6.45, 7) is 4.28. The topological polar surface area (TPSA) is 68.9 Å². The van der Waals surface area contributed by atoms with Crippen LogP contribution in [-0.2, 0) is 6.42 Å². The summed E-state index contributed by atoms with van der Waals surface area (Å²) in [7, 11) is 0. The second-order valence-corrected chi connectivity index (χ2v) is 6.73. The average Bonchev–Trinajstić information content (AvgIpc) is 2.70. The molecule has 2 aromatic rings. The number of guanidine groups is 1. The van der Waals surface area contributed by atoms with Gasteiger partial charge in [0.05, 0.1) is 19.3 Å². The maximum atomic E-state index is 6.10. The van der Waals surface area contributed by atoms with Crippen LogP contribution in [0.25, 0.3) is 0 Å². The lowest BCUT2D eigenvalue weighted by Crippen LogP contribution is -2.37. The zero-order chi connectivity index (χ0) is 18.9. The fraction of sp³-hybridized carbons (Fsp3) is 0.409. The highest BCUT2D eigenvalue weighted by Gasteiger charge is 2.21. The first kappa shape index (κ1) is 19.1. The van der Waals surface area contributed by atoms with Gasteiger partial charge in [0.2, 0.25) is 0 Å². The molecule has 5 nitrogen and oxygen atoms in total. The van der Waals surface area contributed by atoms with E-state index in [1.807, 2.05) is 30.3 Å². The standard InChI is InChI=1S/C22H29N3O2/c1-2-3-15-26-18-10-8-17(9-11-18)12-14-24-22(23)25-20-13-16-27-21-7-5-4-6-19(20)21/h4-11,20H,2-3,12-16H2,1H3,(H3,23,24,25). The third-order valence-corrected chi connectivity index (χ3v) is 4.65. The van der Waals surface area contributed by atoms with Crippen LogP contribution in [0, 0.1) is 0 Å². The average molecular weight is 367 g/mol. The van der Waals surface area contributed by atoms with Gasteiger partial charge in [0.25, 0.3) is 0 Å². The number of hydrogen-bond donors (Lipinski definition) is 2. The van der Waals surface area contributed by atoms with Crippen molar-refractivity contribution in [3.05, 3.63) is 59.7 Å². The van der Waals surface area contributed by atoms with Crippen molar-refractivity contribution >= 4 is 5.96 Å². The van der Waals surface area contributed by atoms with Crippen molar-refractivity contribution in [2.75, 3.05) is 19.8 Å². The van der Waals surface area contributed by atoms with Gasteiger partial charge in [0.15, 0.2) is 5.96 Å². The molecule has 3 rings (SSSR count). The van der Waals surface area contributed by atoms with Crippen molar-refractivity contribution in [3.8, 4) is 11.5 Å². The van der Waals surface area contributed by atoms with E-state index in [0.717, 1.165) is 49.4 Å². The molecule has 0 amide bonds. The molecule has 1 aliphatic rings. The molecule has 0 saturated carbocycles. The summed E-state index contributed by atoms with van der Waals surface area (Å²) in [6, 6.07) is 16.5. The summed E-state index contributed by atoms with van der Waals surface area (Å²) in [5, 5.41) is 3.33. The number of para-hydroxylation sites is 1. The summed E-state index contributed by atoms with van der Waals surface area (Å²) in [5.41, 5.74) is 8.46. The van der Waals surface area contributed by atoms with Crippen LogP contribution >= 0.6 is 0 Å². The van der Waals surface area contributed by atoms with Crippen molar-refractivity contribution in [1.29, 1.82) is 0 Å². The van der Waals surface area contributed by atoms with Gasteiger partial charge in [-0.2, -0.15) is 0 Å². The van der Waals surface area contributed by atoms with Gasteiger partial charge in [-0.1, -0.05) is 43.7 Å². The van der Waals surface area contributed by atoms with E-state index in [1.54, 1.807) is 0 Å². The molecule has 144 valence electrons. The Morgan fingerprint density at radius 1 is 1.22 bits per heavy atom. The highest BCUT2D eigenvalue weighted by molar-refractivity contribution is 5.78. The van der Waals surface area contributed by atoms with E-state index in [1.165, 1.54) is 5.56 Å². The van der Waals surface area contributed by atoms with E-state index >= 15 is 0 Å². The summed E-state index contributed by atoms with van der Waals surface area (Å²) < 4.78 is 11.4. The Morgan fingerprint density at radius 3 is 2.85 bits per heavy atom. The Bertz CT molecular complexity index is 743. The first-order valence-electron chi connectivity index (χ1n) is 9.76. The van der Waals surface area contributed by atoms with Crippen LogP contribution in [0.1, 0.15) is 43.4 Å². The monoisotopic (exact) mass is 367 g/mol. The molecule has 0 aliphatic carbocycles. The van der Waals surface area contributed by atoms with Gasteiger partial charge >= 0.3 is 0 Å². The molecular formula is C22H29N3O2.